The molecule has 0 saturated heterocycles. The summed E-state index contributed by atoms with van der Waals surface area (Å²) in [6, 6.07) is 7.23. The molecule has 8 nitrogen and oxygen atoms in total. The van der Waals surface area contributed by atoms with Gasteiger partial charge in [-0.15, -0.1) is 0 Å². The SMILES string of the molecule is CC1=NC=C(CO)/C(=C/Nc2ccccc2N/C=C2\C(=O)C(C)=NC=C2CO)C1=O.[Zn]. The number of aliphatic hydroxyl groups is 2. The molecule has 0 spiro atoms. The van der Waals surface area contributed by atoms with Crippen LogP contribution in [0.5, 0.6) is 0 Å². The van der Waals surface area contributed by atoms with Crippen LogP contribution in [0.25, 0.3) is 0 Å². The van der Waals surface area contributed by atoms with Gasteiger partial charge < -0.3 is 20.8 Å². The third-order valence-electron chi connectivity index (χ3n) is 4.68. The number of carbonyl (C=O) groups is 2. The first-order valence-electron chi connectivity index (χ1n) is 9.27. The van der Waals surface area contributed by atoms with Gasteiger partial charge in [-0.1, -0.05) is 12.1 Å². The van der Waals surface area contributed by atoms with E-state index in [1.807, 2.05) is 12.1 Å². The Hall–Kier alpha value is -3.00. The number of aliphatic imine (C=N–C) groups is 2. The van der Waals surface area contributed by atoms with E-state index in [0.29, 0.717) is 45.1 Å². The maximum absolute atomic E-state index is 12.4. The van der Waals surface area contributed by atoms with Gasteiger partial charge in [0.15, 0.2) is 0 Å². The molecule has 0 aromatic heterocycles. The van der Waals surface area contributed by atoms with Crippen LogP contribution >= 0.6 is 0 Å². The number of Topliss-reactive ketones (excluding diaryl/α,β-unsaturated/α-hetero) is 2. The molecule has 2 aliphatic rings. The Morgan fingerprint density at radius 3 is 1.55 bits per heavy atom. The molecule has 0 fully saturated rings. The summed E-state index contributed by atoms with van der Waals surface area (Å²) in [6.07, 6.45) is 6.00. The van der Waals surface area contributed by atoms with Crippen LogP contribution < -0.4 is 10.6 Å². The summed E-state index contributed by atoms with van der Waals surface area (Å²) in [4.78, 5) is 32.7. The van der Waals surface area contributed by atoms with Gasteiger partial charge in [0.05, 0.1) is 36.0 Å². The Morgan fingerprint density at radius 1 is 0.806 bits per heavy atom. The molecule has 0 atom stereocenters. The fourth-order valence-electron chi connectivity index (χ4n) is 2.89. The number of carbonyl (C=O) groups excluding carboxylic acids is 2. The summed E-state index contributed by atoms with van der Waals surface area (Å²) in [5.41, 5.74) is 3.48. The number of rotatable bonds is 6. The summed E-state index contributed by atoms with van der Waals surface area (Å²) in [6.45, 7) is 2.62. The molecular formula is C22H22N4O4Zn. The van der Waals surface area contributed by atoms with Crippen LogP contribution in [-0.4, -0.2) is 46.4 Å². The van der Waals surface area contributed by atoms with E-state index < -0.39 is 0 Å². The predicted molar refractivity (Wildman–Crippen MR) is 116 cm³/mol. The number of nitrogens with one attached hydrogen (secondary N) is 2. The fraction of sp³-hybridized carbons (Fsp3) is 0.182. The summed E-state index contributed by atoms with van der Waals surface area (Å²) >= 11 is 0. The predicted octanol–water partition coefficient (Wildman–Crippen LogP) is 2.12. The Balaban J connectivity index is 0.00000341. The molecule has 3 rings (SSSR count). The number of nitrogens with zero attached hydrogens (tertiary/aromatic N) is 2. The van der Waals surface area contributed by atoms with Crippen LogP contribution in [0.2, 0.25) is 0 Å². The van der Waals surface area contributed by atoms with Gasteiger partial charge >= 0.3 is 0 Å². The summed E-state index contributed by atoms with van der Waals surface area (Å²) in [7, 11) is 0. The van der Waals surface area contributed by atoms with Crippen molar-refractivity contribution in [3.05, 3.63) is 71.4 Å². The van der Waals surface area contributed by atoms with Crippen LogP contribution in [0, 0.1) is 0 Å². The Morgan fingerprint density at radius 2 is 1.19 bits per heavy atom. The molecule has 0 bridgehead atoms. The van der Waals surface area contributed by atoms with E-state index in [1.165, 1.54) is 24.8 Å². The van der Waals surface area contributed by atoms with Gasteiger partial charge in [0.1, 0.15) is 0 Å². The van der Waals surface area contributed by atoms with Crippen LogP contribution in [0.3, 0.4) is 0 Å². The number of ketones is 2. The van der Waals surface area contributed by atoms with E-state index in [-0.39, 0.29) is 44.3 Å². The standard InChI is InChI=1S/C22H22N4O4.Zn/c1-13-21(29)17(15(11-27)7-23-13)9-25-19-5-3-4-6-20(19)26-10-18-16(12-28)8-24-14(2)22(18)30;/h3-10,25-28H,11-12H2,1-2H3;/b17-9-,18-10-;. The van der Waals surface area contributed by atoms with Crippen molar-refractivity contribution in [2.24, 2.45) is 9.98 Å². The molecule has 2 heterocycles. The molecule has 0 saturated carbocycles. The molecule has 1 aromatic carbocycles. The minimum absolute atomic E-state index is 0. The van der Waals surface area contributed by atoms with E-state index in [0.717, 1.165) is 0 Å². The number of benzene rings is 1. The monoisotopic (exact) mass is 470 g/mol. The Kier molecular flexibility index (Phi) is 8.50. The van der Waals surface area contributed by atoms with Crippen LogP contribution in [0.15, 0.2) is 81.3 Å². The molecule has 0 unspecified atom stereocenters. The molecular weight excluding hydrogens is 450 g/mol. The minimum atomic E-state index is -0.304. The van der Waals surface area contributed by atoms with Gasteiger partial charge in [0.25, 0.3) is 0 Å². The van der Waals surface area contributed by atoms with E-state index in [1.54, 1.807) is 26.0 Å². The zero-order valence-corrected chi connectivity index (χ0v) is 20.3. The van der Waals surface area contributed by atoms with Crippen molar-refractivity contribution in [1.82, 2.24) is 0 Å². The second-order valence-corrected chi connectivity index (χ2v) is 6.66. The minimum Gasteiger partial charge on any atom is -0.392 e. The van der Waals surface area contributed by atoms with Gasteiger partial charge in [-0.05, 0) is 26.0 Å². The molecule has 4 N–H and O–H groups in total. The Bertz CT molecular complexity index is 996. The van der Waals surface area contributed by atoms with Crippen LogP contribution in [0.4, 0.5) is 11.4 Å². The number of para-hydroxylation sites is 2. The smallest absolute Gasteiger partial charge is 0.208 e. The van der Waals surface area contributed by atoms with E-state index in [9.17, 15) is 19.8 Å². The first-order valence-corrected chi connectivity index (χ1v) is 9.27. The maximum Gasteiger partial charge on any atom is 0.208 e. The van der Waals surface area contributed by atoms with Gasteiger partial charge in [-0.2, -0.15) is 0 Å². The van der Waals surface area contributed by atoms with Crippen molar-refractivity contribution < 1.29 is 39.3 Å². The van der Waals surface area contributed by atoms with Crippen molar-refractivity contribution in [3.63, 3.8) is 0 Å². The van der Waals surface area contributed by atoms with Gasteiger partial charge in [-0.25, -0.2) is 0 Å². The fourth-order valence-corrected chi connectivity index (χ4v) is 2.89. The van der Waals surface area contributed by atoms with Crippen LogP contribution in [0.1, 0.15) is 13.8 Å². The van der Waals surface area contributed by atoms with Gasteiger partial charge in [0.2, 0.25) is 11.6 Å². The van der Waals surface area contributed by atoms with Crippen molar-refractivity contribution in [2.75, 3.05) is 23.8 Å². The number of hydrogen-bond donors (Lipinski definition) is 4. The van der Waals surface area contributed by atoms with E-state index in [4.69, 9.17) is 0 Å². The number of hydrogen-bond acceptors (Lipinski definition) is 8. The van der Waals surface area contributed by atoms with Crippen molar-refractivity contribution in [1.29, 1.82) is 0 Å². The zero-order valence-electron chi connectivity index (χ0n) is 17.3. The summed E-state index contributed by atoms with van der Waals surface area (Å²) in [5.74, 6) is -0.524. The summed E-state index contributed by atoms with van der Waals surface area (Å²) in [5, 5.41) is 25.1. The molecule has 2 aliphatic heterocycles. The molecule has 1 aromatic rings. The third-order valence-corrected chi connectivity index (χ3v) is 4.68. The number of anilines is 2. The normalized spacial score (nSPS) is 18.7. The van der Waals surface area contributed by atoms with Crippen LogP contribution in [-0.2, 0) is 29.1 Å². The van der Waals surface area contributed by atoms with Gasteiger partial charge in [-0.3, -0.25) is 19.6 Å². The summed E-state index contributed by atoms with van der Waals surface area (Å²) < 4.78 is 0. The molecule has 31 heavy (non-hydrogen) atoms. The first kappa shape index (κ1) is 24.3. The zero-order chi connectivity index (χ0) is 21.7. The average Bonchev–Trinajstić information content (AvgIpc) is 2.76. The average molecular weight is 472 g/mol. The largest absolute Gasteiger partial charge is 0.392 e. The Labute approximate surface area is 192 Å². The van der Waals surface area contributed by atoms with E-state index >= 15 is 0 Å². The second kappa shape index (κ2) is 10.9. The third kappa shape index (κ3) is 5.38. The molecule has 0 aliphatic carbocycles. The molecule has 0 amide bonds. The molecule has 0 radical (unpaired) electrons. The second-order valence-electron chi connectivity index (χ2n) is 6.66. The maximum atomic E-state index is 12.4. The topological polar surface area (TPSA) is 123 Å². The van der Waals surface area contributed by atoms with Crippen molar-refractivity contribution in [3.8, 4) is 0 Å². The van der Waals surface area contributed by atoms with Crippen molar-refractivity contribution in [2.45, 2.75) is 13.8 Å². The number of aliphatic hydroxyl groups excluding tert-OH is 2. The van der Waals surface area contributed by atoms with E-state index in [2.05, 4.69) is 20.6 Å². The molecule has 156 valence electrons. The van der Waals surface area contributed by atoms with Crippen molar-refractivity contribution >= 4 is 34.4 Å². The first-order chi connectivity index (χ1) is 14.5. The molecule has 9 heteroatoms. The van der Waals surface area contributed by atoms with Gasteiger partial charge in [0, 0.05) is 66.6 Å². The quantitative estimate of drug-likeness (QED) is 0.372.